The van der Waals surface area contributed by atoms with Gasteiger partial charge < -0.3 is 0 Å². The molecule has 92 valence electrons. The number of nitrogens with zero attached hydrogens (tertiary/aromatic N) is 4. The van der Waals surface area contributed by atoms with Gasteiger partial charge in [0.2, 0.25) is 0 Å². The molecular weight excluding hydrogens is 311 g/mol. The van der Waals surface area contributed by atoms with Gasteiger partial charge in [-0.3, -0.25) is 0 Å². The largest absolute Gasteiger partial charge is 0.692 e. The second kappa shape index (κ2) is 14.7. The highest BCUT2D eigenvalue weighted by Crippen LogP contribution is 1.98. The van der Waals surface area contributed by atoms with Crippen molar-refractivity contribution in [3.05, 3.63) is 49.6 Å². The third kappa shape index (κ3) is 20.7. The van der Waals surface area contributed by atoms with Gasteiger partial charge in [0.15, 0.2) is 0 Å². The molecule has 0 spiro atoms. The van der Waals surface area contributed by atoms with Crippen LogP contribution >= 0.6 is 25.2 Å². The Morgan fingerprint density at radius 3 is 1.06 bits per heavy atom. The molecule has 2 aromatic heterocycles. The second-order valence-corrected chi connectivity index (χ2v) is 2.57. The fourth-order valence-electron chi connectivity index (χ4n) is 0.507. The quantitative estimate of drug-likeness (QED) is 0.700. The van der Waals surface area contributed by atoms with Gasteiger partial charge in [-0.1, -0.05) is 0 Å². The summed E-state index contributed by atoms with van der Waals surface area (Å²) < 4.78 is 8.70. The average molecular weight is 322 g/mol. The van der Waals surface area contributed by atoms with E-state index >= 15 is 0 Å². The minimum atomic E-state index is -2.87. The zero-order valence-corrected chi connectivity index (χ0v) is 11.2. The van der Waals surface area contributed by atoms with Crippen molar-refractivity contribution in [2.75, 3.05) is 0 Å². The molecule has 7 nitrogen and oxygen atoms in total. The average Bonchev–Trinajstić information content (AvgIpc) is 2.34. The van der Waals surface area contributed by atoms with Crippen molar-refractivity contribution >= 4 is 25.2 Å². The molecule has 9 heteroatoms. The summed E-state index contributed by atoms with van der Waals surface area (Å²) >= 11 is 0. The van der Waals surface area contributed by atoms with Crippen LogP contribution in [0.3, 0.4) is 0 Å². The van der Waals surface area contributed by atoms with Crippen molar-refractivity contribution in [2.45, 2.75) is 0 Å². The van der Waals surface area contributed by atoms with Crippen molar-refractivity contribution in [1.82, 2.24) is 19.9 Å². The summed E-state index contributed by atoms with van der Waals surface area (Å²) in [6, 6.07) is 3.56. The highest BCUT2D eigenvalue weighted by atomic mass is 79.9. The van der Waals surface area contributed by atoms with E-state index in [0.717, 1.165) is 0 Å². The van der Waals surface area contributed by atoms with E-state index in [9.17, 15) is 0 Å². The maximum atomic E-state index is 8.70. The zero-order chi connectivity index (χ0) is 12.1. The SMILES string of the molecule is Br.O=[P+](O)O.c1cncnc1.c1cncnc1. The number of hydrogen-bond donors (Lipinski definition) is 2. The fraction of sp³-hybridized carbons (Fsp3) is 0. The molecular formula is C8H11BrN4O3P+. The van der Waals surface area contributed by atoms with E-state index in [4.69, 9.17) is 14.4 Å². The summed E-state index contributed by atoms with van der Waals surface area (Å²) in [5, 5.41) is 0. The molecule has 0 bridgehead atoms. The van der Waals surface area contributed by atoms with Gasteiger partial charge >= 0.3 is 8.25 Å². The van der Waals surface area contributed by atoms with Crippen LogP contribution in [0.25, 0.3) is 0 Å². The number of rotatable bonds is 0. The Morgan fingerprint density at radius 1 is 0.765 bits per heavy atom. The van der Waals surface area contributed by atoms with Crippen LogP contribution in [0.4, 0.5) is 0 Å². The van der Waals surface area contributed by atoms with Crippen LogP contribution in [-0.2, 0) is 4.57 Å². The van der Waals surface area contributed by atoms with Crippen LogP contribution in [0.5, 0.6) is 0 Å². The van der Waals surface area contributed by atoms with Crippen LogP contribution in [0.1, 0.15) is 0 Å². The molecule has 0 aromatic carbocycles. The minimum absolute atomic E-state index is 0. The molecule has 0 amide bonds. The molecule has 0 unspecified atom stereocenters. The first-order valence-corrected chi connectivity index (χ1v) is 5.15. The zero-order valence-electron chi connectivity index (χ0n) is 8.57. The van der Waals surface area contributed by atoms with Crippen LogP contribution < -0.4 is 0 Å². The summed E-state index contributed by atoms with van der Waals surface area (Å²) in [4.78, 5) is 28.9. The van der Waals surface area contributed by atoms with Gasteiger partial charge in [-0.25, -0.2) is 19.9 Å². The predicted octanol–water partition coefficient (Wildman–Crippen LogP) is 1.16. The topological polar surface area (TPSA) is 109 Å². The van der Waals surface area contributed by atoms with Crippen molar-refractivity contribution in [3.63, 3.8) is 0 Å². The first-order valence-electron chi connectivity index (χ1n) is 3.98. The van der Waals surface area contributed by atoms with Crippen LogP contribution in [0, 0.1) is 0 Å². The van der Waals surface area contributed by atoms with E-state index in [0.29, 0.717) is 0 Å². The lowest BCUT2D eigenvalue weighted by atomic mass is 10.7. The third-order valence-corrected chi connectivity index (χ3v) is 0.955. The van der Waals surface area contributed by atoms with Gasteiger partial charge in [0.05, 0.1) is 0 Å². The summed E-state index contributed by atoms with van der Waals surface area (Å²) in [6.07, 6.45) is 9.75. The molecule has 17 heavy (non-hydrogen) atoms. The van der Waals surface area contributed by atoms with E-state index < -0.39 is 8.25 Å². The fourth-order valence-corrected chi connectivity index (χ4v) is 0.507. The molecule has 0 aliphatic carbocycles. The summed E-state index contributed by atoms with van der Waals surface area (Å²) in [7, 11) is -2.87. The van der Waals surface area contributed by atoms with Crippen LogP contribution in [0.2, 0.25) is 0 Å². The first-order chi connectivity index (χ1) is 7.73. The van der Waals surface area contributed by atoms with E-state index in [2.05, 4.69) is 19.9 Å². The summed E-state index contributed by atoms with van der Waals surface area (Å²) in [5.74, 6) is 0. The lowest BCUT2D eigenvalue weighted by Gasteiger charge is -1.70. The van der Waals surface area contributed by atoms with E-state index in [1.165, 1.54) is 12.7 Å². The molecule has 2 N–H and O–H groups in total. The molecule has 0 fully saturated rings. The molecule has 2 aromatic rings. The van der Waals surface area contributed by atoms with Crippen LogP contribution in [-0.4, -0.2) is 29.7 Å². The molecule has 0 atom stereocenters. The Kier molecular flexibility index (Phi) is 15.6. The Balaban J connectivity index is 0. The lowest BCUT2D eigenvalue weighted by Crippen LogP contribution is -1.66. The van der Waals surface area contributed by atoms with Crippen molar-refractivity contribution in [3.8, 4) is 0 Å². The van der Waals surface area contributed by atoms with Gasteiger partial charge in [0.25, 0.3) is 0 Å². The standard InChI is InChI=1S/2C4H4N2.BrH.HO3P/c2*1-2-5-4-6-3-1;;1-4(2)3/h2*1-4H;1H;(H-,1,2,3)/p+1. The van der Waals surface area contributed by atoms with Gasteiger partial charge in [-0.05, 0) is 12.1 Å². The van der Waals surface area contributed by atoms with Gasteiger partial charge in [-0.2, -0.15) is 0 Å². The maximum Gasteiger partial charge on any atom is 0.692 e. The Morgan fingerprint density at radius 2 is 1.00 bits per heavy atom. The van der Waals surface area contributed by atoms with Crippen molar-refractivity contribution in [1.29, 1.82) is 0 Å². The van der Waals surface area contributed by atoms with Crippen LogP contribution in [0.15, 0.2) is 49.6 Å². The lowest BCUT2D eigenvalue weighted by molar-refractivity contribution is 0.405. The Hall–Kier alpha value is -1.34. The molecule has 2 heterocycles. The predicted molar refractivity (Wildman–Crippen MR) is 66.4 cm³/mol. The van der Waals surface area contributed by atoms with Crippen molar-refractivity contribution in [2.24, 2.45) is 0 Å². The van der Waals surface area contributed by atoms with Gasteiger partial charge in [-0.15, -0.1) is 26.8 Å². The van der Waals surface area contributed by atoms with E-state index in [1.807, 2.05) is 0 Å². The highest BCUT2D eigenvalue weighted by Gasteiger charge is 1.93. The second-order valence-electron chi connectivity index (χ2n) is 2.06. The van der Waals surface area contributed by atoms with E-state index in [1.54, 1.807) is 36.9 Å². The van der Waals surface area contributed by atoms with E-state index in [-0.39, 0.29) is 17.0 Å². The van der Waals surface area contributed by atoms with Crippen molar-refractivity contribution < 1.29 is 14.4 Å². The number of halogens is 1. The summed E-state index contributed by atoms with van der Waals surface area (Å²) in [5.41, 5.74) is 0. The maximum absolute atomic E-state index is 8.70. The number of hydrogen-bond acceptors (Lipinski definition) is 5. The molecule has 0 aliphatic rings. The Labute approximate surface area is 109 Å². The normalized spacial score (nSPS) is 7.18. The minimum Gasteiger partial charge on any atom is -0.245 e. The Bertz CT molecular complexity index is 279. The molecule has 0 aliphatic heterocycles. The molecule has 2 rings (SSSR count). The molecule has 0 saturated carbocycles. The molecule has 0 saturated heterocycles. The molecule has 0 radical (unpaired) electrons. The third-order valence-electron chi connectivity index (χ3n) is 0.955. The number of aromatic nitrogens is 4. The van der Waals surface area contributed by atoms with Gasteiger partial charge in [0.1, 0.15) is 12.7 Å². The highest BCUT2D eigenvalue weighted by molar-refractivity contribution is 8.93. The summed E-state index contributed by atoms with van der Waals surface area (Å²) in [6.45, 7) is 0. The smallest absolute Gasteiger partial charge is 0.245 e. The monoisotopic (exact) mass is 321 g/mol. The first kappa shape index (κ1) is 18.0. The van der Waals surface area contributed by atoms with Gasteiger partial charge in [0, 0.05) is 29.4 Å².